The first-order chi connectivity index (χ1) is 13.4. The van der Waals surface area contributed by atoms with Crippen LogP contribution in [0.4, 0.5) is 16.2 Å². The second kappa shape index (κ2) is 8.89. The topological polar surface area (TPSA) is 81.7 Å². The number of hydrogen-bond donors (Lipinski definition) is 3. The number of carbonyl (C=O) groups excluding carboxylic acids is 2. The van der Waals surface area contributed by atoms with E-state index in [0.717, 1.165) is 22.4 Å². The van der Waals surface area contributed by atoms with Crippen LogP contribution in [0, 0.1) is 13.8 Å². The van der Waals surface area contributed by atoms with Gasteiger partial charge in [0.1, 0.15) is 0 Å². The molecule has 0 aromatic heterocycles. The molecule has 0 aliphatic carbocycles. The van der Waals surface area contributed by atoms with E-state index in [9.17, 15) is 14.7 Å². The number of benzene rings is 2. The summed E-state index contributed by atoms with van der Waals surface area (Å²) < 4.78 is 0. The second-order valence-corrected chi connectivity index (χ2v) is 7.44. The summed E-state index contributed by atoms with van der Waals surface area (Å²) in [6, 6.07) is 12.9. The van der Waals surface area contributed by atoms with E-state index in [1.54, 1.807) is 17.0 Å². The molecule has 2 aromatic rings. The quantitative estimate of drug-likeness (QED) is 0.758. The third kappa shape index (κ3) is 5.57. The molecule has 3 amide bonds. The molecular formula is C22H27N3O3. The number of aryl methyl sites for hydroxylation is 2. The van der Waals surface area contributed by atoms with Gasteiger partial charge in [-0.3, -0.25) is 4.79 Å². The van der Waals surface area contributed by atoms with Crippen molar-refractivity contribution in [3.05, 3.63) is 59.2 Å². The number of amides is 3. The maximum absolute atomic E-state index is 12.4. The summed E-state index contributed by atoms with van der Waals surface area (Å²) in [4.78, 5) is 26.4. The van der Waals surface area contributed by atoms with Gasteiger partial charge in [-0.15, -0.1) is 0 Å². The zero-order chi connectivity index (χ0) is 20.1. The van der Waals surface area contributed by atoms with Crippen molar-refractivity contribution in [3.63, 3.8) is 0 Å². The number of likely N-dealkylation sites (tertiary alicyclic amines) is 1. The highest BCUT2D eigenvalue weighted by molar-refractivity contribution is 5.99. The minimum atomic E-state index is -0.305. The predicted octanol–water partition coefficient (Wildman–Crippen LogP) is 3.47. The highest BCUT2D eigenvalue weighted by Gasteiger charge is 2.21. The van der Waals surface area contributed by atoms with Crippen LogP contribution in [0.1, 0.15) is 29.5 Å². The number of nitrogens with zero attached hydrogens (tertiary/aromatic N) is 1. The molecule has 28 heavy (non-hydrogen) atoms. The molecule has 2 aromatic carbocycles. The molecule has 0 atom stereocenters. The zero-order valence-electron chi connectivity index (χ0n) is 16.4. The zero-order valence-corrected chi connectivity index (χ0v) is 16.4. The molecule has 1 saturated heterocycles. The predicted molar refractivity (Wildman–Crippen MR) is 111 cm³/mol. The number of aliphatic hydroxyl groups is 1. The fourth-order valence-electron chi connectivity index (χ4n) is 3.45. The van der Waals surface area contributed by atoms with Crippen molar-refractivity contribution in [2.45, 2.75) is 39.2 Å². The molecule has 1 fully saturated rings. The molecule has 6 nitrogen and oxygen atoms in total. The summed E-state index contributed by atoms with van der Waals surface area (Å²) in [6.07, 6.45) is 1.32. The van der Waals surface area contributed by atoms with E-state index in [4.69, 9.17) is 0 Å². The number of aliphatic hydroxyl groups excluding tert-OH is 1. The molecule has 0 radical (unpaired) electrons. The Morgan fingerprint density at radius 1 is 0.964 bits per heavy atom. The molecule has 148 valence electrons. The number of urea groups is 1. The van der Waals surface area contributed by atoms with E-state index < -0.39 is 0 Å². The Kier molecular flexibility index (Phi) is 6.31. The minimum Gasteiger partial charge on any atom is -0.393 e. The van der Waals surface area contributed by atoms with Crippen molar-refractivity contribution < 1.29 is 14.7 Å². The first-order valence-electron chi connectivity index (χ1n) is 9.60. The maximum atomic E-state index is 12.4. The Labute approximate surface area is 165 Å². The van der Waals surface area contributed by atoms with E-state index in [1.165, 1.54) is 0 Å². The van der Waals surface area contributed by atoms with Crippen LogP contribution in [0.3, 0.4) is 0 Å². The number of rotatable bonds is 4. The average Bonchev–Trinajstić information content (AvgIpc) is 2.63. The van der Waals surface area contributed by atoms with Gasteiger partial charge in [-0.05, 0) is 67.6 Å². The van der Waals surface area contributed by atoms with Crippen LogP contribution in [-0.4, -0.2) is 41.1 Å². The van der Waals surface area contributed by atoms with Crippen LogP contribution >= 0.6 is 0 Å². The molecule has 3 N–H and O–H groups in total. The number of carbonyl (C=O) groups is 2. The van der Waals surface area contributed by atoms with Gasteiger partial charge in [0.05, 0.1) is 12.5 Å². The van der Waals surface area contributed by atoms with Crippen molar-refractivity contribution in [1.29, 1.82) is 0 Å². The summed E-state index contributed by atoms with van der Waals surface area (Å²) in [5.41, 5.74) is 4.50. The van der Waals surface area contributed by atoms with Crippen LogP contribution in [-0.2, 0) is 11.2 Å². The van der Waals surface area contributed by atoms with Crippen LogP contribution in [0.2, 0.25) is 0 Å². The lowest BCUT2D eigenvalue weighted by atomic mass is 10.1. The van der Waals surface area contributed by atoms with Crippen molar-refractivity contribution >= 4 is 23.3 Å². The molecule has 0 unspecified atom stereocenters. The van der Waals surface area contributed by atoms with Crippen LogP contribution < -0.4 is 10.6 Å². The van der Waals surface area contributed by atoms with Gasteiger partial charge >= 0.3 is 6.03 Å². The molecule has 6 heteroatoms. The standard InChI is InChI=1S/C22H27N3O3/c1-15-11-16(2)13-19(12-15)24-22(28)23-18-5-3-17(4-6-18)14-21(27)25-9-7-20(26)8-10-25/h3-6,11-13,20,26H,7-10,14H2,1-2H3,(H2,23,24,28). The number of hydrogen-bond acceptors (Lipinski definition) is 3. The van der Waals surface area contributed by atoms with E-state index >= 15 is 0 Å². The highest BCUT2D eigenvalue weighted by Crippen LogP contribution is 2.16. The van der Waals surface area contributed by atoms with Gasteiger partial charge in [-0.2, -0.15) is 0 Å². The maximum Gasteiger partial charge on any atom is 0.323 e. The largest absolute Gasteiger partial charge is 0.393 e. The Hall–Kier alpha value is -2.86. The first kappa shape index (κ1) is 19.9. The smallest absolute Gasteiger partial charge is 0.323 e. The molecular weight excluding hydrogens is 354 g/mol. The van der Waals surface area contributed by atoms with Gasteiger partial charge in [0.25, 0.3) is 0 Å². The molecule has 1 aliphatic rings. The molecule has 0 saturated carbocycles. The van der Waals surface area contributed by atoms with Crippen molar-refractivity contribution in [3.8, 4) is 0 Å². The van der Waals surface area contributed by atoms with Gasteiger partial charge in [0, 0.05) is 24.5 Å². The molecule has 1 heterocycles. The molecule has 3 rings (SSSR count). The lowest BCUT2D eigenvalue weighted by Gasteiger charge is -2.29. The van der Waals surface area contributed by atoms with Gasteiger partial charge < -0.3 is 20.6 Å². The Morgan fingerprint density at radius 3 is 2.14 bits per heavy atom. The van der Waals surface area contributed by atoms with Crippen LogP contribution in [0.15, 0.2) is 42.5 Å². The average molecular weight is 381 g/mol. The molecule has 1 aliphatic heterocycles. The van der Waals surface area contributed by atoms with E-state index in [0.29, 0.717) is 38.0 Å². The van der Waals surface area contributed by atoms with Crippen LogP contribution in [0.5, 0.6) is 0 Å². The number of nitrogens with one attached hydrogen (secondary N) is 2. The van der Waals surface area contributed by atoms with Gasteiger partial charge in [0.2, 0.25) is 5.91 Å². The Balaban J connectivity index is 1.52. The van der Waals surface area contributed by atoms with E-state index in [2.05, 4.69) is 16.7 Å². The number of anilines is 2. The third-order valence-electron chi connectivity index (χ3n) is 4.86. The normalized spacial score (nSPS) is 14.6. The van der Waals surface area contributed by atoms with Gasteiger partial charge in [-0.25, -0.2) is 4.79 Å². The van der Waals surface area contributed by atoms with Crippen LogP contribution in [0.25, 0.3) is 0 Å². The summed E-state index contributed by atoms with van der Waals surface area (Å²) in [6.45, 7) is 5.20. The summed E-state index contributed by atoms with van der Waals surface area (Å²) in [7, 11) is 0. The lowest BCUT2D eigenvalue weighted by Crippen LogP contribution is -2.40. The Bertz CT molecular complexity index is 820. The van der Waals surface area contributed by atoms with Gasteiger partial charge in [0.15, 0.2) is 0 Å². The first-order valence-corrected chi connectivity index (χ1v) is 9.60. The van der Waals surface area contributed by atoms with E-state index in [-0.39, 0.29) is 18.0 Å². The van der Waals surface area contributed by atoms with E-state index in [1.807, 2.05) is 38.1 Å². The van der Waals surface area contributed by atoms with Gasteiger partial charge in [-0.1, -0.05) is 18.2 Å². The molecule has 0 bridgehead atoms. The monoisotopic (exact) mass is 381 g/mol. The Morgan fingerprint density at radius 2 is 1.54 bits per heavy atom. The van der Waals surface area contributed by atoms with Crippen molar-refractivity contribution in [1.82, 2.24) is 4.90 Å². The summed E-state index contributed by atoms with van der Waals surface area (Å²) in [5.74, 6) is 0.0696. The fourth-order valence-corrected chi connectivity index (χ4v) is 3.45. The summed E-state index contributed by atoms with van der Waals surface area (Å²) in [5, 5.41) is 15.2. The lowest BCUT2D eigenvalue weighted by molar-refractivity contribution is -0.132. The molecule has 0 spiro atoms. The van der Waals surface area contributed by atoms with Crippen molar-refractivity contribution in [2.75, 3.05) is 23.7 Å². The summed E-state index contributed by atoms with van der Waals surface area (Å²) >= 11 is 0. The SMILES string of the molecule is Cc1cc(C)cc(NC(=O)Nc2ccc(CC(=O)N3CCC(O)CC3)cc2)c1. The fraction of sp³-hybridized carbons (Fsp3) is 0.364. The van der Waals surface area contributed by atoms with Crippen molar-refractivity contribution in [2.24, 2.45) is 0 Å². The third-order valence-corrected chi connectivity index (χ3v) is 4.86. The highest BCUT2D eigenvalue weighted by atomic mass is 16.3. The minimum absolute atomic E-state index is 0.0696. The number of piperidine rings is 1. The second-order valence-electron chi connectivity index (χ2n) is 7.44.